The van der Waals surface area contributed by atoms with E-state index in [9.17, 15) is 9.90 Å². The van der Waals surface area contributed by atoms with E-state index in [0.717, 1.165) is 68.6 Å². The number of benzene rings is 1. The number of hydrogen-bond acceptors (Lipinski definition) is 4. The van der Waals surface area contributed by atoms with Crippen LogP contribution in [0.25, 0.3) is 0 Å². The van der Waals surface area contributed by atoms with Crippen LogP contribution in [0.15, 0.2) is 18.2 Å². The van der Waals surface area contributed by atoms with Gasteiger partial charge in [0.05, 0.1) is 31.9 Å². The summed E-state index contributed by atoms with van der Waals surface area (Å²) in [6.45, 7) is 1.24. The highest BCUT2D eigenvalue weighted by Crippen LogP contribution is 2.46. The molecule has 0 aromatic heterocycles. The lowest BCUT2D eigenvalue weighted by Crippen LogP contribution is -3.16. The van der Waals surface area contributed by atoms with Gasteiger partial charge in [0.1, 0.15) is 17.5 Å². The van der Waals surface area contributed by atoms with Gasteiger partial charge in [-0.05, 0) is 37.8 Å². The summed E-state index contributed by atoms with van der Waals surface area (Å²) < 4.78 is 11.2. The lowest BCUT2D eigenvalue weighted by molar-refractivity contribution is -0.937. The lowest BCUT2D eigenvalue weighted by atomic mass is 9.66. The van der Waals surface area contributed by atoms with E-state index in [4.69, 9.17) is 9.47 Å². The van der Waals surface area contributed by atoms with Crippen molar-refractivity contribution in [1.29, 1.82) is 0 Å². The molecular weight excluding hydrogens is 392 g/mol. The fourth-order valence-electron chi connectivity index (χ4n) is 6.30. The van der Waals surface area contributed by atoms with Gasteiger partial charge in [-0.1, -0.05) is 32.1 Å². The quantitative estimate of drug-likeness (QED) is 0.647. The molecule has 4 rings (SSSR count). The summed E-state index contributed by atoms with van der Waals surface area (Å²) in [6, 6.07) is 6.32. The van der Waals surface area contributed by atoms with E-state index in [1.807, 2.05) is 12.1 Å². The molecule has 1 amide bonds. The number of likely N-dealkylation sites (tertiary alicyclic amines) is 1. The second-order valence-electron chi connectivity index (χ2n) is 9.78. The molecule has 1 aromatic carbocycles. The van der Waals surface area contributed by atoms with Crippen LogP contribution in [0, 0.1) is 5.92 Å². The van der Waals surface area contributed by atoms with Crippen molar-refractivity contribution < 1.29 is 24.3 Å². The first-order valence-electron chi connectivity index (χ1n) is 12.1. The molecule has 6 heteroatoms. The predicted molar refractivity (Wildman–Crippen MR) is 120 cm³/mol. The van der Waals surface area contributed by atoms with Crippen molar-refractivity contribution in [3.05, 3.63) is 23.8 Å². The van der Waals surface area contributed by atoms with Crippen LogP contribution in [0.2, 0.25) is 0 Å². The molecule has 172 valence electrons. The van der Waals surface area contributed by atoms with Gasteiger partial charge in [0.15, 0.2) is 6.54 Å². The molecule has 1 saturated heterocycles. The first-order chi connectivity index (χ1) is 15.0. The van der Waals surface area contributed by atoms with Crippen molar-refractivity contribution >= 4 is 5.91 Å². The molecule has 1 unspecified atom stereocenters. The van der Waals surface area contributed by atoms with Gasteiger partial charge in [0.25, 0.3) is 5.91 Å². The number of amides is 1. The Bertz CT molecular complexity index is 764. The molecule has 4 atom stereocenters. The Balaban J connectivity index is 1.60. The summed E-state index contributed by atoms with van der Waals surface area (Å²) >= 11 is 0. The Morgan fingerprint density at radius 1 is 1.10 bits per heavy atom. The Morgan fingerprint density at radius 3 is 2.61 bits per heavy atom. The van der Waals surface area contributed by atoms with Gasteiger partial charge >= 0.3 is 0 Å². The van der Waals surface area contributed by atoms with Crippen molar-refractivity contribution in [1.82, 2.24) is 5.32 Å². The first-order valence-corrected chi connectivity index (χ1v) is 12.1. The van der Waals surface area contributed by atoms with E-state index in [1.54, 1.807) is 14.2 Å². The molecule has 0 bridgehead atoms. The highest BCUT2D eigenvalue weighted by molar-refractivity contribution is 5.77. The van der Waals surface area contributed by atoms with E-state index in [-0.39, 0.29) is 17.9 Å². The van der Waals surface area contributed by atoms with Crippen molar-refractivity contribution in [2.75, 3.05) is 27.3 Å². The molecule has 0 radical (unpaired) electrons. The van der Waals surface area contributed by atoms with E-state index in [2.05, 4.69) is 11.4 Å². The number of ether oxygens (including phenoxy) is 2. The number of hydrogen-bond donors (Lipinski definition) is 3. The van der Waals surface area contributed by atoms with Crippen molar-refractivity contribution in [2.24, 2.45) is 5.92 Å². The molecule has 2 aliphatic carbocycles. The highest BCUT2D eigenvalue weighted by atomic mass is 16.5. The minimum Gasteiger partial charge on any atom is -0.497 e. The normalized spacial score (nSPS) is 31.5. The van der Waals surface area contributed by atoms with Crippen LogP contribution in [-0.4, -0.2) is 50.0 Å². The van der Waals surface area contributed by atoms with Gasteiger partial charge in [0.2, 0.25) is 0 Å². The number of rotatable bonds is 6. The summed E-state index contributed by atoms with van der Waals surface area (Å²) in [6.07, 6.45) is 10.7. The zero-order valence-corrected chi connectivity index (χ0v) is 19.1. The van der Waals surface area contributed by atoms with Gasteiger partial charge in [-0.15, -0.1) is 0 Å². The Labute approximate surface area is 186 Å². The maximum Gasteiger partial charge on any atom is 0.275 e. The predicted octanol–water partition coefficient (Wildman–Crippen LogP) is 2.40. The minimum absolute atomic E-state index is 0.0389. The monoisotopic (exact) mass is 431 g/mol. The molecule has 0 spiro atoms. The summed E-state index contributed by atoms with van der Waals surface area (Å²) in [5.41, 5.74) is 0.436. The largest absolute Gasteiger partial charge is 0.497 e. The molecule has 3 fully saturated rings. The topological polar surface area (TPSA) is 72.2 Å². The van der Waals surface area contributed by atoms with Crippen molar-refractivity contribution in [2.45, 2.75) is 81.9 Å². The van der Waals surface area contributed by atoms with E-state index < -0.39 is 5.60 Å². The number of aliphatic hydroxyl groups is 1. The number of carbonyl (C=O) groups is 1. The third-order valence-corrected chi connectivity index (χ3v) is 7.92. The fraction of sp³-hybridized carbons (Fsp3) is 0.720. The van der Waals surface area contributed by atoms with Crippen LogP contribution < -0.4 is 19.7 Å². The summed E-state index contributed by atoms with van der Waals surface area (Å²) in [5.74, 6) is 1.81. The van der Waals surface area contributed by atoms with Gasteiger partial charge in [-0.3, -0.25) is 4.79 Å². The maximum atomic E-state index is 13.0. The Morgan fingerprint density at radius 2 is 1.87 bits per heavy atom. The molecule has 2 saturated carbocycles. The average Bonchev–Trinajstić information content (AvgIpc) is 2.79. The zero-order chi connectivity index (χ0) is 21.8. The highest BCUT2D eigenvalue weighted by Gasteiger charge is 2.52. The molecule has 3 N–H and O–H groups in total. The van der Waals surface area contributed by atoms with Crippen LogP contribution in [0.5, 0.6) is 11.5 Å². The van der Waals surface area contributed by atoms with E-state index in [0.29, 0.717) is 12.6 Å². The van der Waals surface area contributed by atoms with Crippen molar-refractivity contribution in [3.8, 4) is 11.5 Å². The fourth-order valence-corrected chi connectivity index (χ4v) is 6.30. The SMILES string of the molecule is COc1ccc([C@H]2[C@@H]3CCCC[C@]3(O)CC[NH+]2CC(=O)NC2CCCCC2)c(OC)c1. The third-order valence-electron chi connectivity index (χ3n) is 7.92. The van der Waals surface area contributed by atoms with Crippen LogP contribution >= 0.6 is 0 Å². The van der Waals surface area contributed by atoms with Gasteiger partial charge < -0.3 is 24.8 Å². The average molecular weight is 432 g/mol. The zero-order valence-electron chi connectivity index (χ0n) is 19.1. The minimum atomic E-state index is -0.642. The molecule has 1 heterocycles. The molecule has 1 aliphatic heterocycles. The summed E-state index contributed by atoms with van der Waals surface area (Å²) in [4.78, 5) is 14.2. The number of nitrogens with one attached hydrogen (secondary N) is 2. The molecule has 31 heavy (non-hydrogen) atoms. The molecular formula is C25H39N2O4+. The smallest absolute Gasteiger partial charge is 0.275 e. The van der Waals surface area contributed by atoms with Crippen molar-refractivity contribution in [3.63, 3.8) is 0 Å². The second kappa shape index (κ2) is 9.78. The third kappa shape index (κ3) is 4.85. The standard InChI is InChI=1S/C25H38N2O4/c1-30-19-11-12-20(22(16-19)31-2)24-21-10-6-7-13-25(21,29)14-15-27(24)17-23(28)26-18-8-4-3-5-9-18/h11-12,16,18,21,24,29H,3-10,13-15,17H2,1-2H3,(H,26,28)/p+1/t21-,24-,25-/m0/s1. The number of piperidine rings is 1. The van der Waals surface area contributed by atoms with Gasteiger partial charge in [-0.25, -0.2) is 0 Å². The summed E-state index contributed by atoms with van der Waals surface area (Å²) in [7, 11) is 3.34. The molecule has 1 aromatic rings. The van der Waals surface area contributed by atoms with Crippen LogP contribution in [0.3, 0.4) is 0 Å². The van der Waals surface area contributed by atoms with E-state index >= 15 is 0 Å². The first kappa shape index (κ1) is 22.4. The molecule has 3 aliphatic rings. The maximum absolute atomic E-state index is 13.0. The lowest BCUT2D eigenvalue weighted by Gasteiger charge is -2.50. The van der Waals surface area contributed by atoms with Crippen LogP contribution in [0.4, 0.5) is 0 Å². The number of carbonyl (C=O) groups excluding carboxylic acids is 1. The van der Waals surface area contributed by atoms with Gasteiger partial charge in [0, 0.05) is 24.4 Å². The van der Waals surface area contributed by atoms with Crippen LogP contribution in [-0.2, 0) is 4.79 Å². The second-order valence-corrected chi connectivity index (χ2v) is 9.78. The molecule has 6 nitrogen and oxygen atoms in total. The number of quaternary nitrogens is 1. The number of fused-ring (bicyclic) bond motifs is 1. The number of methoxy groups -OCH3 is 2. The Hall–Kier alpha value is -1.79. The summed E-state index contributed by atoms with van der Waals surface area (Å²) in [5, 5.41) is 14.8. The van der Waals surface area contributed by atoms with E-state index in [1.165, 1.54) is 24.2 Å². The van der Waals surface area contributed by atoms with Crippen LogP contribution in [0.1, 0.15) is 75.8 Å². The Kier molecular flexibility index (Phi) is 7.07. The van der Waals surface area contributed by atoms with Gasteiger partial charge in [-0.2, -0.15) is 0 Å².